The third kappa shape index (κ3) is 7.16. The molecule has 0 heterocycles. The Bertz CT molecular complexity index is 1780. The Kier molecular flexibility index (Phi) is 9.44. The molecule has 0 saturated heterocycles. The van der Waals surface area contributed by atoms with Crippen LogP contribution in [-0.4, -0.2) is 0 Å². The molecule has 0 bridgehead atoms. The Hall–Kier alpha value is -4.34. The molecule has 0 nitrogen and oxygen atoms in total. The summed E-state index contributed by atoms with van der Waals surface area (Å²) in [6, 6.07) is 36.3. The second kappa shape index (κ2) is 14.2. The van der Waals surface area contributed by atoms with Gasteiger partial charge in [0.15, 0.2) is 0 Å². The molecule has 2 unspecified atom stereocenters. The summed E-state index contributed by atoms with van der Waals surface area (Å²) in [6.07, 6.45) is 23.5. The Morgan fingerprint density at radius 1 is 0.830 bits per heavy atom. The third-order valence-electron chi connectivity index (χ3n) is 11.3. The van der Waals surface area contributed by atoms with E-state index in [9.17, 15) is 0 Å². The van der Waals surface area contributed by atoms with Crippen LogP contribution in [0, 0.1) is 30.1 Å². The number of hydrogen-bond acceptors (Lipinski definition) is 0. The predicted octanol–water partition coefficient (Wildman–Crippen LogP) is 11.5. The molecule has 0 aromatic heterocycles. The Labute approximate surface area is 283 Å². The van der Waals surface area contributed by atoms with Crippen LogP contribution in [0.25, 0.3) is 5.57 Å². The van der Waals surface area contributed by atoms with Crippen LogP contribution in [0.4, 0.5) is 0 Å². The van der Waals surface area contributed by atoms with E-state index in [-0.39, 0.29) is 0 Å². The van der Waals surface area contributed by atoms with Gasteiger partial charge in [-0.2, -0.15) is 0 Å². The zero-order valence-corrected chi connectivity index (χ0v) is 28.0. The molecular formula is C47H48. The summed E-state index contributed by atoms with van der Waals surface area (Å²) in [6.45, 7) is 7.01. The van der Waals surface area contributed by atoms with Gasteiger partial charge in [-0.05, 0) is 132 Å². The van der Waals surface area contributed by atoms with E-state index in [1.807, 2.05) is 0 Å². The largest absolute Gasteiger partial charge is 0.115 e. The molecule has 3 aliphatic carbocycles. The fourth-order valence-corrected chi connectivity index (χ4v) is 8.72. The minimum atomic E-state index is 0.409. The van der Waals surface area contributed by atoms with Crippen LogP contribution >= 0.6 is 0 Å². The van der Waals surface area contributed by atoms with E-state index in [4.69, 9.17) is 13.0 Å². The van der Waals surface area contributed by atoms with E-state index >= 15 is 0 Å². The van der Waals surface area contributed by atoms with Crippen molar-refractivity contribution in [2.75, 3.05) is 0 Å². The molecule has 0 radical (unpaired) electrons. The average Bonchev–Trinajstić information content (AvgIpc) is 3.75. The molecule has 1 fully saturated rings. The van der Waals surface area contributed by atoms with Crippen molar-refractivity contribution < 1.29 is 0 Å². The number of aryl methyl sites for hydroxylation is 1. The van der Waals surface area contributed by atoms with Crippen LogP contribution in [0.15, 0.2) is 127 Å². The standard InChI is InChI=1S/C47H48/c1-4-38-21-19-37(30-46(38)45-31-42-12-8-9-13-43(42)32-45)29-36-17-22-40(23-18-36)47(34(3)15-16-35-10-6-5-7-11-35)41-26-24-39(25-27-41)44-20-14-33(2)28-44/h1,5-14,19-21,24-28,30,33,36,40,45,47H,3,15-18,22-23,29,31-32H2,2H3. The van der Waals surface area contributed by atoms with Crippen molar-refractivity contribution >= 4 is 5.57 Å². The average molecular weight is 613 g/mol. The van der Waals surface area contributed by atoms with Gasteiger partial charge in [0, 0.05) is 11.5 Å². The minimum Gasteiger partial charge on any atom is -0.115 e. The second-order valence-corrected chi connectivity index (χ2v) is 14.5. The number of hydrogen-bond donors (Lipinski definition) is 0. The minimum absolute atomic E-state index is 0.409. The Balaban J connectivity index is 1.04. The monoisotopic (exact) mass is 612 g/mol. The van der Waals surface area contributed by atoms with Gasteiger partial charge in [0.25, 0.3) is 0 Å². The first-order chi connectivity index (χ1) is 23.0. The highest BCUT2D eigenvalue weighted by Gasteiger charge is 2.31. The first-order valence-electron chi connectivity index (χ1n) is 17.9. The van der Waals surface area contributed by atoms with Crippen molar-refractivity contribution in [1.29, 1.82) is 0 Å². The summed E-state index contributed by atoms with van der Waals surface area (Å²) in [5.41, 5.74) is 13.8. The van der Waals surface area contributed by atoms with Gasteiger partial charge in [-0.1, -0.05) is 134 Å². The molecule has 0 amide bonds. The van der Waals surface area contributed by atoms with E-state index in [2.05, 4.69) is 128 Å². The first-order valence-corrected chi connectivity index (χ1v) is 17.9. The highest BCUT2D eigenvalue weighted by atomic mass is 14.4. The molecule has 0 aliphatic heterocycles. The molecule has 4 aromatic rings. The van der Waals surface area contributed by atoms with Crippen molar-refractivity contribution in [3.63, 3.8) is 0 Å². The third-order valence-corrected chi connectivity index (χ3v) is 11.3. The fourth-order valence-electron chi connectivity index (χ4n) is 8.72. The van der Waals surface area contributed by atoms with Crippen molar-refractivity contribution in [3.05, 3.63) is 172 Å². The zero-order valence-electron chi connectivity index (χ0n) is 28.0. The molecule has 1 saturated carbocycles. The highest BCUT2D eigenvalue weighted by molar-refractivity contribution is 5.76. The molecule has 7 rings (SSSR count). The summed E-state index contributed by atoms with van der Waals surface area (Å²) in [5.74, 6) is 5.79. The summed E-state index contributed by atoms with van der Waals surface area (Å²) in [7, 11) is 0. The Morgan fingerprint density at radius 3 is 2.19 bits per heavy atom. The first kappa shape index (κ1) is 31.3. The van der Waals surface area contributed by atoms with Gasteiger partial charge in [-0.25, -0.2) is 0 Å². The van der Waals surface area contributed by atoms with Crippen molar-refractivity contribution in [2.45, 2.75) is 76.5 Å². The molecule has 0 heteroatoms. The molecule has 0 N–H and O–H groups in total. The number of fused-ring (bicyclic) bond motifs is 1. The smallest absolute Gasteiger partial charge is 0.0277 e. The van der Waals surface area contributed by atoms with E-state index in [1.54, 1.807) is 0 Å². The highest BCUT2D eigenvalue weighted by Crippen LogP contribution is 2.44. The van der Waals surface area contributed by atoms with Gasteiger partial charge >= 0.3 is 0 Å². The van der Waals surface area contributed by atoms with E-state index in [0.717, 1.165) is 43.6 Å². The van der Waals surface area contributed by atoms with Crippen molar-refractivity contribution in [1.82, 2.24) is 0 Å². The fraction of sp³-hybridized carbons (Fsp3) is 0.319. The molecule has 3 aliphatic rings. The molecule has 2 atom stereocenters. The van der Waals surface area contributed by atoms with Crippen LogP contribution in [0.1, 0.15) is 95.4 Å². The summed E-state index contributed by atoms with van der Waals surface area (Å²) in [5, 5.41) is 0. The maximum Gasteiger partial charge on any atom is 0.0277 e. The van der Waals surface area contributed by atoms with Gasteiger partial charge in [0.1, 0.15) is 0 Å². The van der Waals surface area contributed by atoms with Gasteiger partial charge < -0.3 is 0 Å². The molecule has 47 heavy (non-hydrogen) atoms. The SMILES string of the molecule is C#Cc1ccc(CC2CCC(C(C(=C)CCc3ccccc3)c3ccc(C4=CC(C)C=C4)cc3)CC2)cc1C1Cc2ccccc2C1. The lowest BCUT2D eigenvalue weighted by molar-refractivity contribution is 0.252. The maximum absolute atomic E-state index is 6.01. The number of rotatable bonds is 10. The van der Waals surface area contributed by atoms with Gasteiger partial charge in [0.05, 0.1) is 0 Å². The van der Waals surface area contributed by atoms with Crippen LogP contribution in [0.2, 0.25) is 0 Å². The number of terminal acetylenes is 1. The normalized spacial score (nSPS) is 21.2. The van der Waals surface area contributed by atoms with Crippen molar-refractivity contribution in [2.24, 2.45) is 17.8 Å². The van der Waals surface area contributed by atoms with Gasteiger partial charge in [-0.15, -0.1) is 6.42 Å². The lowest BCUT2D eigenvalue weighted by Crippen LogP contribution is -2.23. The van der Waals surface area contributed by atoms with Crippen molar-refractivity contribution in [3.8, 4) is 12.3 Å². The predicted molar refractivity (Wildman–Crippen MR) is 199 cm³/mol. The molecule has 4 aromatic carbocycles. The van der Waals surface area contributed by atoms with Gasteiger partial charge in [-0.3, -0.25) is 0 Å². The molecule has 0 spiro atoms. The lowest BCUT2D eigenvalue weighted by atomic mass is 9.69. The van der Waals surface area contributed by atoms with E-state index in [1.165, 1.54) is 75.8 Å². The Morgan fingerprint density at radius 2 is 1.53 bits per heavy atom. The summed E-state index contributed by atoms with van der Waals surface area (Å²) < 4.78 is 0. The molecular weight excluding hydrogens is 565 g/mol. The van der Waals surface area contributed by atoms with Crippen LogP contribution in [0.5, 0.6) is 0 Å². The van der Waals surface area contributed by atoms with Crippen LogP contribution in [0.3, 0.4) is 0 Å². The van der Waals surface area contributed by atoms with E-state index in [0.29, 0.717) is 23.7 Å². The second-order valence-electron chi connectivity index (χ2n) is 14.5. The lowest BCUT2D eigenvalue weighted by Gasteiger charge is -2.36. The topological polar surface area (TPSA) is 0 Å². The quantitative estimate of drug-likeness (QED) is 0.123. The zero-order chi connectivity index (χ0) is 32.2. The number of benzene rings is 4. The van der Waals surface area contributed by atoms with Gasteiger partial charge in [0.2, 0.25) is 0 Å². The van der Waals surface area contributed by atoms with Crippen LogP contribution < -0.4 is 0 Å². The number of allylic oxidation sites excluding steroid dienone is 5. The summed E-state index contributed by atoms with van der Waals surface area (Å²) >= 11 is 0. The molecule has 236 valence electrons. The summed E-state index contributed by atoms with van der Waals surface area (Å²) in [4.78, 5) is 0. The maximum atomic E-state index is 6.01. The van der Waals surface area contributed by atoms with E-state index < -0.39 is 0 Å². The van der Waals surface area contributed by atoms with Crippen LogP contribution in [-0.2, 0) is 25.7 Å².